The van der Waals surface area contributed by atoms with Gasteiger partial charge in [-0.05, 0) is 0 Å². The first-order chi connectivity index (χ1) is 5.56. The van der Waals surface area contributed by atoms with Crippen molar-refractivity contribution in [2.75, 3.05) is 26.3 Å². The Morgan fingerprint density at radius 3 is 2.83 bits per heavy atom. The van der Waals surface area contributed by atoms with Gasteiger partial charge in [-0.2, -0.15) is 0 Å². The van der Waals surface area contributed by atoms with Gasteiger partial charge in [-0.15, -0.1) is 0 Å². The van der Waals surface area contributed by atoms with Crippen LogP contribution < -0.4 is 11.1 Å². The third-order valence-electron chi connectivity index (χ3n) is 2.69. The molecule has 2 heterocycles. The summed E-state index contributed by atoms with van der Waals surface area (Å²) in [4.78, 5) is 0. The van der Waals surface area contributed by atoms with Crippen LogP contribution in [0.15, 0.2) is 0 Å². The number of fused-ring (bicyclic) bond motifs is 2. The molecule has 2 fully saturated rings. The van der Waals surface area contributed by atoms with Crippen molar-refractivity contribution in [3.05, 3.63) is 0 Å². The third-order valence-corrected chi connectivity index (χ3v) is 2.69. The Morgan fingerprint density at radius 2 is 2.25 bits per heavy atom. The first kappa shape index (κ1) is 8.34. The summed E-state index contributed by atoms with van der Waals surface area (Å²) in [5.41, 5.74) is 4.05. The van der Waals surface area contributed by atoms with Crippen molar-refractivity contribution < 1.29 is 13.5 Å². The average Bonchev–Trinajstić information content (AvgIpc) is 1.93. The predicted octanol–water partition coefficient (Wildman–Crippen LogP) is -0.431. The second-order valence-corrected chi connectivity index (χ2v) is 3.62. The molecule has 0 saturated carbocycles. The average molecular weight is 178 g/mol. The maximum Gasteiger partial charge on any atom is 0.275 e. The maximum atomic E-state index is 13.5. The Morgan fingerprint density at radius 1 is 1.50 bits per heavy atom. The van der Waals surface area contributed by atoms with E-state index in [4.69, 9.17) is 10.5 Å². The van der Waals surface area contributed by atoms with Crippen LogP contribution in [0.1, 0.15) is 0 Å². The highest BCUT2D eigenvalue weighted by atomic mass is 19.3. The lowest BCUT2D eigenvalue weighted by molar-refractivity contribution is -0.207. The molecule has 2 atom stereocenters. The Bertz CT molecular complexity index is 185. The van der Waals surface area contributed by atoms with E-state index in [0.717, 1.165) is 0 Å². The van der Waals surface area contributed by atoms with E-state index < -0.39 is 17.4 Å². The highest BCUT2D eigenvalue weighted by molar-refractivity contribution is 5.08. The first-order valence-electron chi connectivity index (χ1n) is 4.01. The zero-order valence-electron chi connectivity index (χ0n) is 6.65. The van der Waals surface area contributed by atoms with Crippen molar-refractivity contribution in [1.29, 1.82) is 0 Å². The second kappa shape index (κ2) is 2.37. The summed E-state index contributed by atoms with van der Waals surface area (Å²) >= 11 is 0. The van der Waals surface area contributed by atoms with Crippen LogP contribution in [0.5, 0.6) is 0 Å². The molecule has 0 amide bonds. The molecule has 3 N–H and O–H groups in total. The van der Waals surface area contributed by atoms with Crippen molar-refractivity contribution in [2.24, 2.45) is 11.7 Å². The molecule has 5 heteroatoms. The standard InChI is InChI=1S/C7H12F2N2O/c8-7(9)5-1-11-3-6(7,10)4-12-2-5/h5,11H,1-4,10H2. The summed E-state index contributed by atoms with van der Waals surface area (Å²) < 4.78 is 31.9. The molecule has 0 aliphatic carbocycles. The van der Waals surface area contributed by atoms with Crippen LogP contribution in [-0.4, -0.2) is 37.8 Å². The second-order valence-electron chi connectivity index (χ2n) is 3.62. The van der Waals surface area contributed by atoms with Crippen molar-refractivity contribution in [3.8, 4) is 0 Å². The fraction of sp³-hybridized carbons (Fsp3) is 1.00. The van der Waals surface area contributed by atoms with Gasteiger partial charge in [-0.25, -0.2) is 8.78 Å². The SMILES string of the molecule is NC12CNCC(COC1)C2(F)F. The fourth-order valence-electron chi connectivity index (χ4n) is 1.82. The summed E-state index contributed by atoms with van der Waals surface area (Å²) in [6, 6.07) is 0. The Balaban J connectivity index is 2.29. The van der Waals surface area contributed by atoms with E-state index in [0.29, 0.717) is 6.54 Å². The molecule has 70 valence electrons. The van der Waals surface area contributed by atoms with Crippen molar-refractivity contribution in [3.63, 3.8) is 0 Å². The number of hydrogen-bond acceptors (Lipinski definition) is 3. The van der Waals surface area contributed by atoms with Crippen LogP contribution in [0, 0.1) is 5.92 Å². The Kier molecular flexibility index (Phi) is 1.65. The third kappa shape index (κ3) is 0.901. The molecule has 2 aliphatic rings. The van der Waals surface area contributed by atoms with E-state index in [2.05, 4.69) is 5.32 Å². The van der Waals surface area contributed by atoms with Crippen LogP contribution in [0.25, 0.3) is 0 Å². The number of nitrogens with two attached hydrogens (primary N) is 1. The van der Waals surface area contributed by atoms with Gasteiger partial charge in [-0.3, -0.25) is 0 Å². The lowest BCUT2D eigenvalue weighted by atomic mass is 9.79. The lowest BCUT2D eigenvalue weighted by Crippen LogP contribution is -2.74. The summed E-state index contributed by atoms with van der Waals surface area (Å²) in [5, 5.41) is 2.90. The quantitative estimate of drug-likeness (QED) is 0.529. The van der Waals surface area contributed by atoms with Gasteiger partial charge >= 0.3 is 0 Å². The largest absolute Gasteiger partial charge is 0.379 e. The molecule has 0 aromatic heterocycles. The molecule has 2 aliphatic heterocycles. The molecule has 0 spiro atoms. The number of piperidine rings is 1. The van der Waals surface area contributed by atoms with Gasteiger partial charge in [-0.1, -0.05) is 0 Å². The molecular formula is C7H12F2N2O. The molecule has 0 aromatic rings. The molecular weight excluding hydrogens is 166 g/mol. The van der Waals surface area contributed by atoms with Crippen LogP contribution in [0.2, 0.25) is 0 Å². The van der Waals surface area contributed by atoms with Gasteiger partial charge in [0, 0.05) is 13.1 Å². The van der Waals surface area contributed by atoms with E-state index in [1.54, 1.807) is 0 Å². The summed E-state index contributed by atoms with van der Waals surface area (Å²) in [5.74, 6) is -3.54. The van der Waals surface area contributed by atoms with Crippen LogP contribution in [-0.2, 0) is 4.74 Å². The Hall–Kier alpha value is -0.260. The minimum Gasteiger partial charge on any atom is -0.379 e. The van der Waals surface area contributed by atoms with Crippen molar-refractivity contribution >= 4 is 0 Å². The van der Waals surface area contributed by atoms with Crippen LogP contribution in [0.3, 0.4) is 0 Å². The van der Waals surface area contributed by atoms with E-state index in [9.17, 15) is 8.78 Å². The monoisotopic (exact) mass is 178 g/mol. The van der Waals surface area contributed by atoms with Gasteiger partial charge in [0.15, 0.2) is 0 Å². The first-order valence-corrected chi connectivity index (χ1v) is 4.01. The van der Waals surface area contributed by atoms with Crippen molar-refractivity contribution in [2.45, 2.75) is 11.5 Å². The molecule has 2 bridgehead atoms. The number of hydrogen-bond donors (Lipinski definition) is 2. The summed E-state index contributed by atoms with van der Waals surface area (Å²) in [6.45, 7) is 0.491. The molecule has 0 aromatic carbocycles. The maximum absolute atomic E-state index is 13.5. The van der Waals surface area contributed by atoms with E-state index >= 15 is 0 Å². The number of ether oxygens (including phenoxy) is 1. The molecule has 2 saturated heterocycles. The number of halogens is 2. The van der Waals surface area contributed by atoms with Gasteiger partial charge in [0.1, 0.15) is 5.54 Å². The predicted molar refractivity (Wildman–Crippen MR) is 39.0 cm³/mol. The molecule has 0 radical (unpaired) electrons. The smallest absolute Gasteiger partial charge is 0.275 e. The number of nitrogens with one attached hydrogen (secondary N) is 1. The lowest BCUT2D eigenvalue weighted by Gasteiger charge is -2.48. The number of rotatable bonds is 0. The minimum absolute atomic E-state index is 0.0521. The van der Waals surface area contributed by atoms with Gasteiger partial charge in [0.05, 0.1) is 19.1 Å². The minimum atomic E-state index is -2.78. The molecule has 2 unspecified atom stereocenters. The van der Waals surface area contributed by atoms with Crippen molar-refractivity contribution in [1.82, 2.24) is 5.32 Å². The van der Waals surface area contributed by atoms with Crippen LogP contribution in [0.4, 0.5) is 8.78 Å². The summed E-state index contributed by atoms with van der Waals surface area (Å²) in [7, 11) is 0. The molecule has 12 heavy (non-hydrogen) atoms. The van der Waals surface area contributed by atoms with Gasteiger partial charge in [0.2, 0.25) is 0 Å². The van der Waals surface area contributed by atoms with Gasteiger partial charge in [0.25, 0.3) is 5.92 Å². The topological polar surface area (TPSA) is 47.3 Å². The van der Waals surface area contributed by atoms with E-state index in [1.807, 2.05) is 0 Å². The highest BCUT2D eigenvalue weighted by Gasteiger charge is 2.60. The van der Waals surface area contributed by atoms with Crippen LogP contribution >= 0.6 is 0 Å². The fourth-order valence-corrected chi connectivity index (χ4v) is 1.82. The van der Waals surface area contributed by atoms with E-state index in [-0.39, 0.29) is 19.8 Å². The highest BCUT2D eigenvalue weighted by Crippen LogP contribution is 2.40. The normalized spacial score (nSPS) is 45.8. The van der Waals surface area contributed by atoms with E-state index in [1.165, 1.54) is 0 Å². The summed E-state index contributed by atoms with van der Waals surface area (Å²) in [6.07, 6.45) is 0. The Labute approximate surface area is 69.3 Å². The van der Waals surface area contributed by atoms with Gasteiger partial charge < -0.3 is 15.8 Å². The zero-order chi connectivity index (χ0) is 8.82. The molecule has 3 nitrogen and oxygen atoms in total. The number of alkyl halides is 2. The zero-order valence-corrected chi connectivity index (χ0v) is 6.65. The molecule has 2 rings (SSSR count).